The maximum Gasteiger partial charge on any atom is 0.195 e. The second kappa shape index (κ2) is 5.11. The molecule has 1 aliphatic rings. The molecule has 0 unspecified atom stereocenters. The fourth-order valence-corrected chi connectivity index (χ4v) is 4.50. The van der Waals surface area contributed by atoms with Gasteiger partial charge < -0.3 is 0 Å². The van der Waals surface area contributed by atoms with Gasteiger partial charge in [0.15, 0.2) is 10.6 Å². The Morgan fingerprint density at radius 2 is 2.00 bits per heavy atom. The number of thiophene rings is 1. The highest BCUT2D eigenvalue weighted by molar-refractivity contribution is 7.71. The lowest BCUT2D eigenvalue weighted by atomic mass is 10.1. The first-order valence-corrected chi connectivity index (χ1v) is 8.49. The zero-order valence-corrected chi connectivity index (χ0v) is 14.0. The van der Waals surface area contributed by atoms with E-state index in [2.05, 4.69) is 41.6 Å². The minimum atomic E-state index is -0.0548. The third-order valence-corrected chi connectivity index (χ3v) is 5.32. The Kier molecular flexibility index (Phi) is 3.58. The molecule has 108 valence electrons. The van der Waals surface area contributed by atoms with Gasteiger partial charge in [0.05, 0.1) is 4.88 Å². The van der Waals surface area contributed by atoms with Crippen LogP contribution in [0.15, 0.2) is 6.07 Å². The van der Waals surface area contributed by atoms with Gasteiger partial charge in [-0.2, -0.15) is 5.10 Å². The molecule has 0 aromatic carbocycles. The van der Waals surface area contributed by atoms with Gasteiger partial charge in [-0.1, -0.05) is 6.42 Å². The number of rotatable bonds is 1. The van der Waals surface area contributed by atoms with Gasteiger partial charge >= 0.3 is 0 Å². The molecule has 0 saturated heterocycles. The summed E-state index contributed by atoms with van der Waals surface area (Å²) in [5, 5.41) is 7.43. The first-order chi connectivity index (χ1) is 9.47. The highest BCUT2D eigenvalue weighted by Crippen LogP contribution is 2.35. The molecule has 0 atom stereocenters. The molecule has 1 aliphatic carbocycles. The Balaban J connectivity index is 2.09. The van der Waals surface area contributed by atoms with Crippen molar-refractivity contribution in [2.24, 2.45) is 0 Å². The summed E-state index contributed by atoms with van der Waals surface area (Å²) in [5.74, 6) is 0.987. The van der Waals surface area contributed by atoms with Crippen LogP contribution >= 0.6 is 23.6 Å². The van der Waals surface area contributed by atoms with E-state index in [1.165, 1.54) is 42.5 Å². The van der Waals surface area contributed by atoms with Gasteiger partial charge in [0.25, 0.3) is 0 Å². The van der Waals surface area contributed by atoms with Crippen molar-refractivity contribution in [3.63, 3.8) is 0 Å². The molecule has 0 saturated carbocycles. The first-order valence-electron chi connectivity index (χ1n) is 7.26. The number of fused-ring (bicyclic) bond motifs is 1. The molecule has 1 N–H and O–H groups in total. The summed E-state index contributed by atoms with van der Waals surface area (Å²) in [6.07, 6.45) is 6.43. The molecule has 2 heterocycles. The van der Waals surface area contributed by atoms with E-state index in [0.29, 0.717) is 4.77 Å². The van der Waals surface area contributed by atoms with Crippen LogP contribution < -0.4 is 0 Å². The molecule has 0 amide bonds. The van der Waals surface area contributed by atoms with Crippen molar-refractivity contribution in [2.75, 3.05) is 0 Å². The number of aromatic nitrogens is 3. The summed E-state index contributed by atoms with van der Waals surface area (Å²) in [6.45, 7) is 6.50. The summed E-state index contributed by atoms with van der Waals surface area (Å²) in [5.41, 5.74) is 1.47. The summed E-state index contributed by atoms with van der Waals surface area (Å²) >= 11 is 7.30. The number of nitrogens with zero attached hydrogens (tertiary/aromatic N) is 2. The Hall–Kier alpha value is -0.940. The number of hydrogen-bond donors (Lipinski definition) is 1. The average Bonchev–Trinajstić information content (AvgIpc) is 2.87. The van der Waals surface area contributed by atoms with Crippen LogP contribution in [0, 0.1) is 4.77 Å². The maximum atomic E-state index is 5.40. The lowest BCUT2D eigenvalue weighted by molar-refractivity contribution is 0.396. The normalized spacial score (nSPS) is 15.9. The van der Waals surface area contributed by atoms with Gasteiger partial charge in [-0.15, -0.1) is 11.3 Å². The van der Waals surface area contributed by atoms with E-state index in [9.17, 15) is 0 Å². The van der Waals surface area contributed by atoms with Gasteiger partial charge in [-0.3, -0.25) is 9.67 Å². The highest BCUT2D eigenvalue weighted by atomic mass is 32.1. The molecule has 0 fully saturated rings. The van der Waals surface area contributed by atoms with E-state index in [4.69, 9.17) is 12.2 Å². The van der Waals surface area contributed by atoms with Crippen molar-refractivity contribution in [1.82, 2.24) is 14.8 Å². The molecular formula is C15H21N3S2. The van der Waals surface area contributed by atoms with E-state index in [1.807, 2.05) is 11.3 Å². The molecule has 2 aromatic rings. The molecule has 0 spiro atoms. The van der Waals surface area contributed by atoms with E-state index in [0.717, 1.165) is 5.82 Å². The maximum absolute atomic E-state index is 5.40. The predicted octanol–water partition coefficient (Wildman–Crippen LogP) is 4.69. The van der Waals surface area contributed by atoms with Gasteiger partial charge in [0.2, 0.25) is 0 Å². The first kappa shape index (κ1) is 14.0. The Bertz CT molecular complexity index is 647. The van der Waals surface area contributed by atoms with Gasteiger partial charge in [0, 0.05) is 10.4 Å². The third-order valence-electron chi connectivity index (χ3n) is 3.81. The molecule has 2 aromatic heterocycles. The molecule has 20 heavy (non-hydrogen) atoms. The molecule has 0 radical (unpaired) electrons. The van der Waals surface area contributed by atoms with Crippen LogP contribution in [0.3, 0.4) is 0 Å². The van der Waals surface area contributed by atoms with Crippen LogP contribution in [0.2, 0.25) is 0 Å². The highest BCUT2D eigenvalue weighted by Gasteiger charge is 2.23. The monoisotopic (exact) mass is 307 g/mol. The summed E-state index contributed by atoms with van der Waals surface area (Å²) in [6, 6.07) is 2.33. The lowest BCUT2D eigenvalue weighted by Crippen LogP contribution is -2.22. The van der Waals surface area contributed by atoms with E-state index < -0.39 is 0 Å². The van der Waals surface area contributed by atoms with Crippen LogP contribution in [-0.4, -0.2) is 14.8 Å². The second-order valence-electron chi connectivity index (χ2n) is 6.48. The minimum Gasteiger partial charge on any atom is -0.294 e. The van der Waals surface area contributed by atoms with Gasteiger partial charge in [-0.05, 0) is 70.3 Å². The van der Waals surface area contributed by atoms with Crippen molar-refractivity contribution in [3.05, 3.63) is 21.3 Å². The van der Waals surface area contributed by atoms with E-state index in [-0.39, 0.29) is 5.54 Å². The van der Waals surface area contributed by atoms with Crippen molar-refractivity contribution < 1.29 is 0 Å². The standard InChI is InChI=1S/C15H21N3S2/c1-15(2,3)18-13(16-17-14(18)19)12-9-10-7-5-4-6-8-11(10)20-12/h9H,4-8H2,1-3H3,(H,17,19). The zero-order chi connectivity index (χ0) is 14.3. The number of aromatic amines is 1. The minimum absolute atomic E-state index is 0.0548. The molecule has 5 heteroatoms. The lowest BCUT2D eigenvalue weighted by Gasteiger charge is -2.22. The second-order valence-corrected chi connectivity index (χ2v) is 8.00. The van der Waals surface area contributed by atoms with Gasteiger partial charge in [-0.25, -0.2) is 0 Å². The van der Waals surface area contributed by atoms with Crippen LogP contribution in [-0.2, 0) is 18.4 Å². The van der Waals surface area contributed by atoms with E-state index >= 15 is 0 Å². The Labute approximate surface area is 129 Å². The van der Waals surface area contributed by atoms with Crippen LogP contribution in [0.4, 0.5) is 0 Å². The van der Waals surface area contributed by atoms with Crippen molar-refractivity contribution in [1.29, 1.82) is 0 Å². The smallest absolute Gasteiger partial charge is 0.195 e. The third kappa shape index (κ3) is 2.49. The number of H-pyrrole nitrogens is 1. The Morgan fingerprint density at radius 3 is 2.75 bits per heavy atom. The summed E-state index contributed by atoms with van der Waals surface area (Å²) in [4.78, 5) is 2.80. The SMILES string of the molecule is CC(C)(C)n1c(-c2cc3c(s2)CCCCC3)n[nH]c1=S. The van der Waals surface area contributed by atoms with Crippen molar-refractivity contribution in [3.8, 4) is 10.7 Å². The fourth-order valence-electron chi connectivity index (χ4n) is 2.86. The van der Waals surface area contributed by atoms with Crippen LogP contribution in [0.5, 0.6) is 0 Å². The largest absolute Gasteiger partial charge is 0.294 e. The molecular weight excluding hydrogens is 286 g/mol. The number of nitrogens with one attached hydrogen (secondary N) is 1. The van der Waals surface area contributed by atoms with Crippen molar-refractivity contribution >= 4 is 23.6 Å². The molecule has 3 nitrogen and oxygen atoms in total. The summed E-state index contributed by atoms with van der Waals surface area (Å²) < 4.78 is 2.84. The summed E-state index contributed by atoms with van der Waals surface area (Å²) in [7, 11) is 0. The fraction of sp³-hybridized carbons (Fsp3) is 0.600. The Morgan fingerprint density at radius 1 is 1.25 bits per heavy atom. The average molecular weight is 307 g/mol. The van der Waals surface area contributed by atoms with E-state index in [1.54, 1.807) is 4.88 Å². The van der Waals surface area contributed by atoms with Crippen LogP contribution in [0.1, 0.15) is 50.5 Å². The number of aryl methyl sites for hydroxylation is 2. The van der Waals surface area contributed by atoms with Crippen LogP contribution in [0.25, 0.3) is 10.7 Å². The molecule has 0 bridgehead atoms. The van der Waals surface area contributed by atoms with Gasteiger partial charge in [0.1, 0.15) is 0 Å². The quantitative estimate of drug-likeness (QED) is 0.612. The predicted molar refractivity (Wildman–Crippen MR) is 87.0 cm³/mol. The molecule has 3 rings (SSSR count). The molecule has 0 aliphatic heterocycles. The topological polar surface area (TPSA) is 33.6 Å². The van der Waals surface area contributed by atoms with Crippen molar-refractivity contribution in [2.45, 2.75) is 58.4 Å². The number of hydrogen-bond acceptors (Lipinski definition) is 3. The zero-order valence-electron chi connectivity index (χ0n) is 12.3.